The molecule has 0 bridgehead atoms. The molecular weight excluding hydrogens is 263 g/mol. The number of amides is 1. The van der Waals surface area contributed by atoms with Gasteiger partial charge in [0.1, 0.15) is 0 Å². The molecule has 0 spiro atoms. The van der Waals surface area contributed by atoms with Gasteiger partial charge in [-0.05, 0) is 18.2 Å². The van der Waals surface area contributed by atoms with E-state index in [1.807, 2.05) is 0 Å². The van der Waals surface area contributed by atoms with Crippen LogP contribution in [0.4, 0.5) is 23.7 Å². The van der Waals surface area contributed by atoms with Gasteiger partial charge in [-0.3, -0.25) is 4.79 Å². The first-order valence-corrected chi connectivity index (χ1v) is 4.32. The molecule has 0 aliphatic carbocycles. The van der Waals surface area contributed by atoms with Crippen LogP contribution in [-0.2, 0) is 6.18 Å². The van der Waals surface area contributed by atoms with Crippen LogP contribution in [0, 0.1) is 0 Å². The highest BCUT2D eigenvalue weighted by Gasteiger charge is 2.30. The zero-order valence-electron chi connectivity index (χ0n) is 6.73. The Morgan fingerprint density at radius 1 is 1.36 bits per heavy atom. The van der Waals surface area contributed by atoms with E-state index < -0.39 is 16.6 Å². The van der Waals surface area contributed by atoms with Crippen molar-refractivity contribution in [3.63, 3.8) is 0 Å². The lowest BCUT2D eigenvalue weighted by molar-refractivity contribution is -0.137. The van der Waals surface area contributed by atoms with Crippen molar-refractivity contribution in [3.05, 3.63) is 29.8 Å². The minimum absolute atomic E-state index is 0.0988. The third-order valence-corrected chi connectivity index (χ3v) is 1.63. The Labute approximate surface area is 86.2 Å². The second-order valence-electron chi connectivity index (χ2n) is 2.48. The quantitative estimate of drug-likeness (QED) is 0.611. The molecule has 6 heteroatoms. The van der Waals surface area contributed by atoms with E-state index in [4.69, 9.17) is 0 Å². The molecule has 1 N–H and O–H groups in total. The third kappa shape index (κ3) is 3.02. The van der Waals surface area contributed by atoms with Gasteiger partial charge in [-0.1, -0.05) is 6.07 Å². The number of carbonyl (C=O) groups excluding carboxylic acids is 1. The molecule has 0 unspecified atom stereocenters. The lowest BCUT2D eigenvalue weighted by atomic mass is 10.2. The number of hydrogen-bond donors (Lipinski definition) is 1. The number of benzene rings is 1. The number of nitrogens with one attached hydrogen (secondary N) is 1. The number of alkyl halides is 3. The minimum Gasteiger partial charge on any atom is -0.317 e. The molecule has 1 aromatic carbocycles. The first-order chi connectivity index (χ1) is 6.39. The zero-order valence-corrected chi connectivity index (χ0v) is 8.32. The van der Waals surface area contributed by atoms with Crippen LogP contribution in [0.15, 0.2) is 24.3 Å². The van der Waals surface area contributed by atoms with Gasteiger partial charge in [-0.2, -0.15) is 13.2 Å². The van der Waals surface area contributed by atoms with E-state index in [9.17, 15) is 18.0 Å². The minimum atomic E-state index is -4.40. The third-order valence-electron chi connectivity index (χ3n) is 1.43. The summed E-state index contributed by atoms with van der Waals surface area (Å²) in [5.41, 5.74) is -0.696. The molecule has 0 heterocycles. The molecule has 0 aromatic heterocycles. The van der Waals surface area contributed by atoms with Crippen LogP contribution in [0.2, 0.25) is 0 Å². The summed E-state index contributed by atoms with van der Waals surface area (Å²) in [6.45, 7) is 0. The van der Waals surface area contributed by atoms with E-state index in [2.05, 4.69) is 21.2 Å². The van der Waals surface area contributed by atoms with Gasteiger partial charge in [-0.15, -0.1) is 0 Å². The number of halogens is 4. The van der Waals surface area contributed by atoms with Gasteiger partial charge >= 0.3 is 6.18 Å². The molecule has 76 valence electrons. The number of rotatable bonds is 1. The Hall–Kier alpha value is -1.04. The SMILES string of the molecule is O=C(Br)Nc1cccc(C(F)(F)F)c1. The monoisotopic (exact) mass is 267 g/mol. The molecule has 0 saturated heterocycles. The van der Waals surface area contributed by atoms with E-state index in [1.54, 1.807) is 0 Å². The average Bonchev–Trinajstić information content (AvgIpc) is 2.01. The Morgan fingerprint density at radius 2 is 2.00 bits per heavy atom. The van der Waals surface area contributed by atoms with Crippen LogP contribution in [0.3, 0.4) is 0 Å². The highest BCUT2D eigenvalue weighted by Crippen LogP contribution is 2.30. The van der Waals surface area contributed by atoms with Gasteiger partial charge in [-0.25, -0.2) is 0 Å². The highest BCUT2D eigenvalue weighted by atomic mass is 79.9. The molecule has 0 aliphatic heterocycles. The van der Waals surface area contributed by atoms with Crippen molar-refractivity contribution in [1.82, 2.24) is 0 Å². The van der Waals surface area contributed by atoms with Gasteiger partial charge < -0.3 is 5.32 Å². The fourth-order valence-electron chi connectivity index (χ4n) is 0.887. The fraction of sp³-hybridized carbons (Fsp3) is 0.125. The lowest BCUT2D eigenvalue weighted by Crippen LogP contribution is -2.06. The van der Waals surface area contributed by atoms with Gasteiger partial charge in [0.15, 0.2) is 0 Å². The van der Waals surface area contributed by atoms with E-state index >= 15 is 0 Å². The van der Waals surface area contributed by atoms with Crippen LogP contribution in [0.25, 0.3) is 0 Å². The second-order valence-corrected chi connectivity index (χ2v) is 3.20. The Bertz CT molecular complexity index is 351. The number of anilines is 1. The van der Waals surface area contributed by atoms with Crippen molar-refractivity contribution in [1.29, 1.82) is 0 Å². The summed E-state index contributed by atoms with van der Waals surface area (Å²) in [5.74, 6) is 0. The molecule has 0 aliphatic rings. The van der Waals surface area contributed by atoms with Crippen LogP contribution in [0.1, 0.15) is 5.56 Å². The largest absolute Gasteiger partial charge is 0.416 e. The summed E-state index contributed by atoms with van der Waals surface area (Å²) >= 11 is 2.55. The predicted octanol–water partition coefficient (Wildman–Crippen LogP) is 3.63. The van der Waals surface area contributed by atoms with E-state index in [0.29, 0.717) is 0 Å². The summed E-state index contributed by atoms with van der Waals surface area (Å²) in [4.78, 5) is 9.91. The molecule has 0 atom stereocenters. The molecule has 2 nitrogen and oxygen atoms in total. The number of carbonyl (C=O) groups is 1. The summed E-state index contributed by atoms with van der Waals surface area (Å²) < 4.78 is 36.5. The normalized spacial score (nSPS) is 11.1. The Balaban J connectivity index is 2.95. The molecule has 1 rings (SSSR count). The van der Waals surface area contributed by atoms with Crippen molar-refractivity contribution >= 4 is 26.4 Å². The topological polar surface area (TPSA) is 29.1 Å². The first-order valence-electron chi connectivity index (χ1n) is 3.53. The van der Waals surface area contributed by atoms with Crippen molar-refractivity contribution in [3.8, 4) is 0 Å². The van der Waals surface area contributed by atoms with Gasteiger partial charge in [0.05, 0.1) is 5.56 Å². The summed E-state index contributed by atoms with van der Waals surface area (Å²) in [5, 5.41) is 2.19. The molecule has 1 amide bonds. The van der Waals surface area contributed by atoms with Gasteiger partial charge in [0, 0.05) is 21.6 Å². The Morgan fingerprint density at radius 3 is 2.50 bits per heavy atom. The van der Waals surface area contributed by atoms with Crippen LogP contribution >= 0.6 is 15.9 Å². The van der Waals surface area contributed by atoms with Crippen molar-refractivity contribution in [2.75, 3.05) is 5.32 Å². The summed E-state index contributed by atoms with van der Waals surface area (Å²) in [6, 6.07) is 4.39. The van der Waals surface area contributed by atoms with E-state index in [-0.39, 0.29) is 5.69 Å². The van der Waals surface area contributed by atoms with Crippen LogP contribution in [-0.4, -0.2) is 4.82 Å². The van der Waals surface area contributed by atoms with Crippen LogP contribution < -0.4 is 5.32 Å². The average molecular weight is 268 g/mol. The second kappa shape index (κ2) is 4.00. The summed E-state index contributed by atoms with van der Waals surface area (Å²) in [6.07, 6.45) is -4.40. The summed E-state index contributed by atoms with van der Waals surface area (Å²) in [7, 11) is 0. The van der Waals surface area contributed by atoms with Crippen LogP contribution in [0.5, 0.6) is 0 Å². The molecule has 0 fully saturated rings. The molecular formula is C8H5BrF3NO. The smallest absolute Gasteiger partial charge is 0.317 e. The molecule has 0 saturated carbocycles. The van der Waals surface area contributed by atoms with Gasteiger partial charge in [0.25, 0.3) is 4.82 Å². The maximum atomic E-state index is 12.2. The van der Waals surface area contributed by atoms with E-state index in [1.165, 1.54) is 12.1 Å². The lowest BCUT2D eigenvalue weighted by Gasteiger charge is -2.08. The van der Waals surface area contributed by atoms with Crippen molar-refractivity contribution in [2.45, 2.75) is 6.18 Å². The zero-order chi connectivity index (χ0) is 10.8. The first kappa shape index (κ1) is 11.0. The van der Waals surface area contributed by atoms with E-state index in [0.717, 1.165) is 12.1 Å². The van der Waals surface area contributed by atoms with Crippen molar-refractivity contribution < 1.29 is 18.0 Å². The van der Waals surface area contributed by atoms with Gasteiger partial charge in [0.2, 0.25) is 0 Å². The van der Waals surface area contributed by atoms with Crippen molar-refractivity contribution in [2.24, 2.45) is 0 Å². The highest BCUT2D eigenvalue weighted by molar-refractivity contribution is 9.18. The molecule has 14 heavy (non-hydrogen) atoms. The maximum absolute atomic E-state index is 12.2. The fourth-order valence-corrected chi connectivity index (χ4v) is 1.12. The molecule has 1 aromatic rings. The maximum Gasteiger partial charge on any atom is 0.416 e. The standard InChI is InChI=1S/C8H5BrF3NO/c9-7(14)13-6-3-1-2-5(4-6)8(10,11)12/h1-4H,(H,13,14). The Kier molecular flexibility index (Phi) is 3.15. The number of hydrogen-bond acceptors (Lipinski definition) is 1. The molecule has 0 radical (unpaired) electrons. The predicted molar refractivity (Wildman–Crippen MR) is 49.4 cm³/mol.